The summed E-state index contributed by atoms with van der Waals surface area (Å²) in [5.74, 6) is -9.85. The van der Waals surface area contributed by atoms with Crippen LogP contribution in [-0.4, -0.2) is 4.57 Å². The molecule has 1 heterocycles. The van der Waals surface area contributed by atoms with Crippen LogP contribution in [0.2, 0.25) is 0 Å². The molecule has 7 heteroatoms. The predicted octanol–water partition coefficient (Wildman–Crippen LogP) is 12.3. The highest BCUT2D eigenvalue weighted by atomic mass is 19.2. The Labute approximate surface area is 278 Å². The first kappa shape index (κ1) is 30.1. The Morgan fingerprint density at radius 2 is 0.837 bits per heavy atom. The molecular formula is C42H25F5N2. The summed E-state index contributed by atoms with van der Waals surface area (Å²) in [6.45, 7) is 0. The van der Waals surface area contributed by atoms with Gasteiger partial charge in [-0.15, -0.1) is 0 Å². The zero-order chi connectivity index (χ0) is 33.6. The molecule has 0 unspecified atom stereocenters. The van der Waals surface area contributed by atoms with Crippen LogP contribution >= 0.6 is 0 Å². The second-order valence-corrected chi connectivity index (χ2v) is 11.6. The van der Waals surface area contributed by atoms with Crippen LogP contribution in [0.4, 0.5) is 39.0 Å². The second kappa shape index (κ2) is 12.1. The Bertz CT molecular complexity index is 2410. The molecule has 0 N–H and O–H groups in total. The van der Waals surface area contributed by atoms with Gasteiger partial charge in [0.15, 0.2) is 23.3 Å². The molecule has 238 valence electrons. The lowest BCUT2D eigenvalue weighted by Crippen LogP contribution is -2.09. The van der Waals surface area contributed by atoms with Crippen molar-refractivity contribution in [1.82, 2.24) is 4.57 Å². The molecule has 0 aliphatic rings. The van der Waals surface area contributed by atoms with Crippen LogP contribution in [0.5, 0.6) is 0 Å². The van der Waals surface area contributed by atoms with Crippen molar-refractivity contribution in [2.75, 3.05) is 4.90 Å². The average molecular weight is 653 g/mol. The molecule has 1 aromatic heterocycles. The highest BCUT2D eigenvalue weighted by molar-refractivity contribution is 6.10. The maximum absolute atomic E-state index is 14.4. The van der Waals surface area contributed by atoms with E-state index < -0.39 is 34.6 Å². The third-order valence-corrected chi connectivity index (χ3v) is 8.79. The van der Waals surface area contributed by atoms with Crippen molar-refractivity contribution in [3.63, 3.8) is 0 Å². The summed E-state index contributed by atoms with van der Waals surface area (Å²) in [6.07, 6.45) is 0. The third-order valence-electron chi connectivity index (χ3n) is 8.79. The molecule has 2 nitrogen and oxygen atoms in total. The smallest absolute Gasteiger partial charge is 0.200 e. The highest BCUT2D eigenvalue weighted by Crippen LogP contribution is 2.40. The Balaban J connectivity index is 1.18. The number of fused-ring (bicyclic) bond motifs is 3. The molecule has 8 rings (SSSR count). The average Bonchev–Trinajstić information content (AvgIpc) is 3.48. The van der Waals surface area contributed by atoms with E-state index in [0.29, 0.717) is 5.56 Å². The van der Waals surface area contributed by atoms with E-state index in [1.165, 1.54) is 12.1 Å². The van der Waals surface area contributed by atoms with Crippen molar-refractivity contribution in [3.8, 4) is 27.9 Å². The lowest BCUT2D eigenvalue weighted by Gasteiger charge is -2.25. The number of hydrogen-bond donors (Lipinski definition) is 0. The number of benzene rings is 7. The van der Waals surface area contributed by atoms with Gasteiger partial charge < -0.3 is 9.47 Å². The number of anilines is 3. The van der Waals surface area contributed by atoms with Gasteiger partial charge in [-0.05, 0) is 77.4 Å². The minimum atomic E-state index is -2.18. The quantitative estimate of drug-likeness (QED) is 0.0986. The maximum Gasteiger partial charge on any atom is 0.200 e. The molecule has 0 aliphatic carbocycles. The zero-order valence-electron chi connectivity index (χ0n) is 25.7. The van der Waals surface area contributed by atoms with Gasteiger partial charge in [-0.25, -0.2) is 22.0 Å². The van der Waals surface area contributed by atoms with Gasteiger partial charge in [0.25, 0.3) is 0 Å². The fraction of sp³-hybridized carbons (Fsp3) is 0. The molecule has 0 saturated carbocycles. The number of rotatable bonds is 6. The fourth-order valence-corrected chi connectivity index (χ4v) is 6.47. The summed E-state index contributed by atoms with van der Waals surface area (Å²) in [6, 6.07) is 49.0. The first-order valence-corrected chi connectivity index (χ1v) is 15.6. The van der Waals surface area contributed by atoms with E-state index in [1.807, 2.05) is 72.8 Å². The summed E-state index contributed by atoms with van der Waals surface area (Å²) in [4.78, 5) is 2.23. The number of halogens is 5. The van der Waals surface area contributed by atoms with Crippen LogP contribution in [0.1, 0.15) is 0 Å². The second-order valence-electron chi connectivity index (χ2n) is 11.6. The van der Waals surface area contributed by atoms with E-state index in [4.69, 9.17) is 0 Å². The standard InChI is InChI=1S/C42H25F5N2/c43-38-37(39(44)41(46)42(47)40(38)45)28-17-15-26(16-18-28)27-19-21-31(22-20-27)49-35-14-8-7-13-33(35)34-25-32(23-24-36(34)49)48(29-9-3-1-4-10-29)30-11-5-2-6-12-30/h1-25H. The molecule has 49 heavy (non-hydrogen) atoms. The van der Waals surface area contributed by atoms with Crippen LogP contribution in [0.15, 0.2) is 152 Å². The van der Waals surface area contributed by atoms with Gasteiger partial charge in [0, 0.05) is 33.5 Å². The maximum atomic E-state index is 14.4. The molecule has 0 bridgehead atoms. The van der Waals surface area contributed by atoms with Crippen molar-refractivity contribution in [1.29, 1.82) is 0 Å². The van der Waals surface area contributed by atoms with Gasteiger partial charge in [-0.2, -0.15) is 0 Å². The van der Waals surface area contributed by atoms with Gasteiger partial charge in [-0.3, -0.25) is 0 Å². The SMILES string of the molecule is Fc1c(F)c(F)c(-c2ccc(-c3ccc(-n4c5ccccc5c5cc(N(c6ccccc6)c6ccccc6)ccc54)cc3)cc2)c(F)c1F. The van der Waals surface area contributed by atoms with E-state index in [1.54, 1.807) is 12.1 Å². The fourth-order valence-electron chi connectivity index (χ4n) is 6.47. The number of nitrogens with zero attached hydrogens (tertiary/aromatic N) is 2. The normalized spacial score (nSPS) is 11.4. The largest absolute Gasteiger partial charge is 0.310 e. The molecule has 0 saturated heterocycles. The van der Waals surface area contributed by atoms with E-state index in [9.17, 15) is 22.0 Å². The monoisotopic (exact) mass is 652 g/mol. The first-order chi connectivity index (χ1) is 23.9. The van der Waals surface area contributed by atoms with Crippen molar-refractivity contribution < 1.29 is 22.0 Å². The van der Waals surface area contributed by atoms with Crippen molar-refractivity contribution in [3.05, 3.63) is 181 Å². The molecule has 8 aromatic rings. The molecule has 0 fully saturated rings. The first-order valence-electron chi connectivity index (χ1n) is 15.6. The minimum absolute atomic E-state index is 0.115. The van der Waals surface area contributed by atoms with Gasteiger partial charge in [0.2, 0.25) is 5.82 Å². The number of aromatic nitrogens is 1. The van der Waals surface area contributed by atoms with Crippen molar-refractivity contribution >= 4 is 38.9 Å². The van der Waals surface area contributed by atoms with Crippen LogP contribution in [0.3, 0.4) is 0 Å². The molecular weight excluding hydrogens is 627 g/mol. The predicted molar refractivity (Wildman–Crippen MR) is 186 cm³/mol. The van der Waals surface area contributed by atoms with Crippen molar-refractivity contribution in [2.45, 2.75) is 0 Å². The summed E-state index contributed by atoms with van der Waals surface area (Å²) in [5, 5.41) is 2.20. The van der Waals surface area contributed by atoms with E-state index in [-0.39, 0.29) is 5.56 Å². The summed E-state index contributed by atoms with van der Waals surface area (Å²) in [5.41, 5.74) is 6.59. The zero-order valence-corrected chi connectivity index (χ0v) is 25.7. The van der Waals surface area contributed by atoms with Crippen LogP contribution in [-0.2, 0) is 0 Å². The van der Waals surface area contributed by atoms with Crippen LogP contribution in [0, 0.1) is 29.1 Å². The van der Waals surface area contributed by atoms with Crippen LogP contribution < -0.4 is 4.90 Å². The Hall–Kier alpha value is -6.21. The van der Waals surface area contributed by atoms with Gasteiger partial charge in [0.05, 0.1) is 16.6 Å². The Kier molecular flexibility index (Phi) is 7.45. The summed E-state index contributed by atoms with van der Waals surface area (Å²) in [7, 11) is 0. The van der Waals surface area contributed by atoms with Gasteiger partial charge in [-0.1, -0.05) is 91.0 Å². The number of para-hydroxylation sites is 3. The lowest BCUT2D eigenvalue weighted by molar-refractivity contribution is 0.381. The summed E-state index contributed by atoms with van der Waals surface area (Å²) < 4.78 is 72.2. The molecule has 7 aromatic carbocycles. The molecule has 0 radical (unpaired) electrons. The van der Waals surface area contributed by atoms with Crippen LogP contribution in [0.25, 0.3) is 49.7 Å². The molecule has 0 amide bonds. The topological polar surface area (TPSA) is 8.17 Å². The Morgan fingerprint density at radius 1 is 0.367 bits per heavy atom. The lowest BCUT2D eigenvalue weighted by atomic mass is 9.99. The molecule has 0 atom stereocenters. The van der Waals surface area contributed by atoms with Gasteiger partial charge in [0.1, 0.15) is 0 Å². The minimum Gasteiger partial charge on any atom is -0.310 e. The van der Waals surface area contributed by atoms with Crippen molar-refractivity contribution in [2.24, 2.45) is 0 Å². The van der Waals surface area contributed by atoms with E-state index in [2.05, 4.69) is 64.1 Å². The van der Waals surface area contributed by atoms with Gasteiger partial charge >= 0.3 is 0 Å². The summed E-state index contributed by atoms with van der Waals surface area (Å²) >= 11 is 0. The highest BCUT2D eigenvalue weighted by Gasteiger charge is 2.26. The Morgan fingerprint density at radius 3 is 1.43 bits per heavy atom. The molecule has 0 spiro atoms. The number of hydrogen-bond acceptors (Lipinski definition) is 1. The molecule has 0 aliphatic heterocycles. The van der Waals surface area contributed by atoms with E-state index in [0.717, 1.165) is 50.1 Å². The van der Waals surface area contributed by atoms with E-state index >= 15 is 0 Å². The third kappa shape index (κ3) is 5.11.